The first-order chi connectivity index (χ1) is 12.2. The fourth-order valence-corrected chi connectivity index (χ4v) is 3.21. The molecule has 0 bridgehead atoms. The van der Waals surface area contributed by atoms with Crippen molar-refractivity contribution in [3.63, 3.8) is 0 Å². The van der Waals surface area contributed by atoms with Crippen LogP contribution in [0.25, 0.3) is 11.0 Å². The second-order valence-corrected chi connectivity index (χ2v) is 7.46. The van der Waals surface area contributed by atoms with Gasteiger partial charge in [-0.15, -0.1) is 0 Å². The van der Waals surface area contributed by atoms with Gasteiger partial charge in [-0.3, -0.25) is 4.57 Å². The first kappa shape index (κ1) is 18.2. The van der Waals surface area contributed by atoms with E-state index >= 15 is 0 Å². The fraction of sp³-hybridized carbons (Fsp3) is 0.556. The van der Waals surface area contributed by atoms with E-state index < -0.39 is 5.60 Å². The van der Waals surface area contributed by atoms with Gasteiger partial charge in [0, 0.05) is 33.2 Å². The second-order valence-electron chi connectivity index (χ2n) is 7.46. The Morgan fingerprint density at radius 1 is 1.15 bits per heavy atom. The second kappa shape index (κ2) is 6.59. The molecule has 0 spiro atoms. The highest BCUT2D eigenvalue weighted by Gasteiger charge is 2.28. The standard InChI is InChI=1S/C18H26N4O4/c1-18(2,3)26-17(24)22-10-8-21(9-11-22)15-13(25-5)7-6-12-14(15)20(4)16(23)19-12/h6-7H,8-11H2,1-5H3,(H,19,23). The van der Waals surface area contributed by atoms with E-state index in [1.807, 2.05) is 32.9 Å². The molecular weight excluding hydrogens is 336 g/mol. The Hall–Kier alpha value is -2.64. The van der Waals surface area contributed by atoms with Crippen LogP contribution < -0.4 is 15.3 Å². The number of H-pyrrole nitrogens is 1. The zero-order valence-electron chi connectivity index (χ0n) is 16.0. The third-order valence-corrected chi connectivity index (χ3v) is 4.46. The highest BCUT2D eigenvalue weighted by Crippen LogP contribution is 2.35. The Bertz CT molecular complexity index is 870. The number of aromatic nitrogens is 2. The summed E-state index contributed by atoms with van der Waals surface area (Å²) in [7, 11) is 3.35. The molecule has 1 aliphatic rings. The van der Waals surface area contributed by atoms with E-state index in [0.29, 0.717) is 31.9 Å². The number of nitrogens with one attached hydrogen (secondary N) is 1. The molecule has 26 heavy (non-hydrogen) atoms. The first-order valence-corrected chi connectivity index (χ1v) is 8.70. The largest absolute Gasteiger partial charge is 0.494 e. The Labute approximate surface area is 152 Å². The Kier molecular flexibility index (Phi) is 4.60. The number of amides is 1. The van der Waals surface area contributed by atoms with Crippen LogP contribution in [0.15, 0.2) is 16.9 Å². The maximum atomic E-state index is 12.3. The van der Waals surface area contributed by atoms with Gasteiger partial charge in [-0.25, -0.2) is 9.59 Å². The molecule has 0 atom stereocenters. The third kappa shape index (κ3) is 3.36. The third-order valence-electron chi connectivity index (χ3n) is 4.46. The van der Waals surface area contributed by atoms with Gasteiger partial charge in [0.1, 0.15) is 17.0 Å². The average Bonchev–Trinajstić information content (AvgIpc) is 2.87. The molecule has 2 aromatic rings. The minimum atomic E-state index is -0.508. The molecule has 1 amide bonds. The van der Waals surface area contributed by atoms with E-state index in [1.54, 1.807) is 23.6 Å². The number of aromatic amines is 1. The molecule has 8 nitrogen and oxygen atoms in total. The molecule has 1 aromatic heterocycles. The van der Waals surface area contributed by atoms with Crippen molar-refractivity contribution in [2.75, 3.05) is 38.2 Å². The normalized spacial score (nSPS) is 15.4. The van der Waals surface area contributed by atoms with Crippen LogP contribution >= 0.6 is 0 Å². The molecule has 1 N–H and O–H groups in total. The quantitative estimate of drug-likeness (QED) is 0.883. The maximum absolute atomic E-state index is 12.3. The molecule has 0 radical (unpaired) electrons. The van der Waals surface area contributed by atoms with Gasteiger partial charge in [-0.05, 0) is 32.9 Å². The molecular formula is C18H26N4O4. The zero-order chi connectivity index (χ0) is 19.1. The number of rotatable bonds is 2. The van der Waals surface area contributed by atoms with Gasteiger partial charge < -0.3 is 24.3 Å². The number of piperazine rings is 1. The predicted molar refractivity (Wildman–Crippen MR) is 100 cm³/mol. The van der Waals surface area contributed by atoms with E-state index in [0.717, 1.165) is 16.7 Å². The van der Waals surface area contributed by atoms with Crippen molar-refractivity contribution in [1.29, 1.82) is 0 Å². The number of imidazole rings is 1. The maximum Gasteiger partial charge on any atom is 0.410 e. The van der Waals surface area contributed by atoms with Crippen molar-refractivity contribution >= 4 is 22.8 Å². The summed E-state index contributed by atoms with van der Waals surface area (Å²) in [6.07, 6.45) is -0.295. The number of nitrogens with zero attached hydrogens (tertiary/aromatic N) is 3. The highest BCUT2D eigenvalue weighted by molar-refractivity contribution is 5.93. The predicted octanol–water partition coefficient (Wildman–Crippen LogP) is 1.93. The molecule has 142 valence electrons. The summed E-state index contributed by atoms with van der Waals surface area (Å²) in [5, 5.41) is 0. The van der Waals surface area contributed by atoms with E-state index in [2.05, 4.69) is 9.88 Å². The molecule has 3 rings (SSSR count). The molecule has 0 saturated carbocycles. The van der Waals surface area contributed by atoms with Crippen molar-refractivity contribution in [3.8, 4) is 5.75 Å². The van der Waals surface area contributed by atoms with E-state index in [4.69, 9.17) is 9.47 Å². The SMILES string of the molecule is COc1ccc2[nH]c(=O)n(C)c2c1N1CCN(C(=O)OC(C)(C)C)CC1. The van der Waals surface area contributed by atoms with Crippen LogP contribution in [0.3, 0.4) is 0 Å². The Morgan fingerprint density at radius 3 is 2.38 bits per heavy atom. The molecule has 1 saturated heterocycles. The fourth-order valence-electron chi connectivity index (χ4n) is 3.21. The first-order valence-electron chi connectivity index (χ1n) is 8.70. The number of fused-ring (bicyclic) bond motifs is 1. The number of carbonyl (C=O) groups is 1. The van der Waals surface area contributed by atoms with Crippen LogP contribution in [0.2, 0.25) is 0 Å². The average molecular weight is 362 g/mol. The lowest BCUT2D eigenvalue weighted by Gasteiger charge is -2.37. The molecule has 8 heteroatoms. The van der Waals surface area contributed by atoms with Crippen molar-refractivity contribution in [2.24, 2.45) is 7.05 Å². The van der Waals surface area contributed by atoms with E-state index in [9.17, 15) is 9.59 Å². The van der Waals surface area contributed by atoms with Gasteiger partial charge in [0.15, 0.2) is 0 Å². The molecule has 1 aliphatic heterocycles. The number of ether oxygens (including phenoxy) is 2. The topological polar surface area (TPSA) is 79.8 Å². The van der Waals surface area contributed by atoms with Gasteiger partial charge >= 0.3 is 11.8 Å². The van der Waals surface area contributed by atoms with Gasteiger partial charge in [0.2, 0.25) is 0 Å². The van der Waals surface area contributed by atoms with Crippen LogP contribution in [0.5, 0.6) is 5.75 Å². The smallest absolute Gasteiger partial charge is 0.410 e. The van der Waals surface area contributed by atoms with E-state index in [-0.39, 0.29) is 11.8 Å². The number of carbonyl (C=O) groups excluding carboxylic acids is 1. The summed E-state index contributed by atoms with van der Waals surface area (Å²) in [5.74, 6) is 0.706. The number of anilines is 1. The number of benzene rings is 1. The lowest BCUT2D eigenvalue weighted by molar-refractivity contribution is 0.0240. The van der Waals surface area contributed by atoms with Crippen LogP contribution in [-0.4, -0.2) is 59.4 Å². The van der Waals surface area contributed by atoms with Crippen molar-refractivity contribution in [1.82, 2.24) is 14.5 Å². The minimum absolute atomic E-state index is 0.165. The number of hydrogen-bond acceptors (Lipinski definition) is 5. The van der Waals surface area contributed by atoms with Crippen molar-refractivity contribution in [3.05, 3.63) is 22.6 Å². The van der Waals surface area contributed by atoms with Crippen LogP contribution in [0, 0.1) is 0 Å². The molecule has 0 aliphatic carbocycles. The monoisotopic (exact) mass is 362 g/mol. The summed E-state index contributed by atoms with van der Waals surface area (Å²) in [6, 6.07) is 3.70. The van der Waals surface area contributed by atoms with Gasteiger partial charge in [-0.2, -0.15) is 0 Å². The van der Waals surface area contributed by atoms with Crippen molar-refractivity contribution < 1.29 is 14.3 Å². The number of hydrogen-bond donors (Lipinski definition) is 1. The van der Waals surface area contributed by atoms with Gasteiger partial charge in [0.05, 0.1) is 18.1 Å². The Morgan fingerprint density at radius 2 is 1.81 bits per heavy atom. The zero-order valence-corrected chi connectivity index (χ0v) is 16.0. The minimum Gasteiger partial charge on any atom is -0.494 e. The summed E-state index contributed by atoms with van der Waals surface area (Å²) < 4.78 is 12.6. The summed E-state index contributed by atoms with van der Waals surface area (Å²) in [4.78, 5) is 31.0. The summed E-state index contributed by atoms with van der Waals surface area (Å²) >= 11 is 0. The summed E-state index contributed by atoms with van der Waals surface area (Å²) in [6.45, 7) is 7.94. The van der Waals surface area contributed by atoms with E-state index in [1.165, 1.54) is 0 Å². The van der Waals surface area contributed by atoms with Crippen LogP contribution in [0.1, 0.15) is 20.8 Å². The molecule has 1 fully saturated rings. The molecule has 1 aromatic carbocycles. The Balaban J connectivity index is 1.86. The van der Waals surface area contributed by atoms with Crippen LogP contribution in [0.4, 0.5) is 10.5 Å². The molecule has 0 unspecified atom stereocenters. The van der Waals surface area contributed by atoms with Gasteiger partial charge in [0.25, 0.3) is 0 Å². The lowest BCUT2D eigenvalue weighted by Crippen LogP contribution is -2.50. The highest BCUT2D eigenvalue weighted by atomic mass is 16.6. The van der Waals surface area contributed by atoms with Gasteiger partial charge in [-0.1, -0.05) is 0 Å². The number of methoxy groups -OCH3 is 1. The molecule has 2 heterocycles. The lowest BCUT2D eigenvalue weighted by atomic mass is 10.2. The van der Waals surface area contributed by atoms with Crippen LogP contribution in [-0.2, 0) is 11.8 Å². The summed E-state index contributed by atoms with van der Waals surface area (Å²) in [5.41, 5.74) is 1.77. The number of aryl methyl sites for hydroxylation is 1. The van der Waals surface area contributed by atoms with Crippen molar-refractivity contribution in [2.45, 2.75) is 26.4 Å².